The summed E-state index contributed by atoms with van der Waals surface area (Å²) in [6.07, 6.45) is 0. The Kier molecular flexibility index (Phi) is 5.03. The summed E-state index contributed by atoms with van der Waals surface area (Å²) < 4.78 is 0. The van der Waals surface area contributed by atoms with Crippen LogP contribution in [0.1, 0.15) is 19.4 Å². The van der Waals surface area contributed by atoms with Crippen LogP contribution in [0.15, 0.2) is 53.7 Å². The lowest BCUT2D eigenvalue weighted by molar-refractivity contribution is -0.384. The largest absolute Gasteiger partial charge is 0.356 e. The van der Waals surface area contributed by atoms with Crippen LogP contribution in [0.3, 0.4) is 0 Å². The number of nitrogens with zero attached hydrogens (tertiary/aromatic N) is 2. The van der Waals surface area contributed by atoms with E-state index in [9.17, 15) is 14.9 Å². The normalized spacial score (nSPS) is 11.0. The number of hydrogen-bond acceptors (Lipinski definition) is 5. The van der Waals surface area contributed by atoms with E-state index in [0.717, 1.165) is 5.56 Å². The van der Waals surface area contributed by atoms with Gasteiger partial charge in [0.15, 0.2) is 5.75 Å². The fourth-order valence-electron chi connectivity index (χ4n) is 1.87. The number of oxime groups is 1. The molecule has 23 heavy (non-hydrogen) atoms. The van der Waals surface area contributed by atoms with Crippen molar-refractivity contribution in [3.63, 3.8) is 0 Å². The standard InChI is InChI=1S/C16H15N3O4/c1-11(13-6-4-3-5-7-13)18-23-16-9-14(17-12(2)20)8-15(10-16)19(21)22/h3-10H,1-2H3,(H,17,20)/b18-11+. The van der Waals surface area contributed by atoms with Crippen LogP contribution < -0.4 is 10.2 Å². The van der Waals surface area contributed by atoms with Crippen molar-refractivity contribution in [3.05, 3.63) is 64.2 Å². The van der Waals surface area contributed by atoms with Crippen LogP contribution in [-0.2, 0) is 4.79 Å². The van der Waals surface area contributed by atoms with Crippen molar-refractivity contribution >= 4 is 23.0 Å². The van der Waals surface area contributed by atoms with Crippen LogP contribution in [0.2, 0.25) is 0 Å². The summed E-state index contributed by atoms with van der Waals surface area (Å²) in [6.45, 7) is 3.08. The lowest BCUT2D eigenvalue weighted by atomic mass is 10.1. The Labute approximate surface area is 132 Å². The summed E-state index contributed by atoms with van der Waals surface area (Å²) in [5.74, 6) is -0.168. The van der Waals surface area contributed by atoms with Gasteiger partial charge in [0.2, 0.25) is 5.91 Å². The summed E-state index contributed by atoms with van der Waals surface area (Å²) in [6, 6.07) is 13.3. The molecule has 0 unspecified atom stereocenters. The quantitative estimate of drug-likeness (QED) is 0.520. The highest BCUT2D eigenvalue weighted by molar-refractivity contribution is 5.98. The molecule has 118 valence electrons. The van der Waals surface area contributed by atoms with Crippen molar-refractivity contribution in [3.8, 4) is 5.75 Å². The molecule has 7 heteroatoms. The molecule has 0 aromatic heterocycles. The number of amides is 1. The maximum Gasteiger partial charge on any atom is 0.275 e. The topological polar surface area (TPSA) is 93.8 Å². The smallest absolute Gasteiger partial charge is 0.275 e. The Morgan fingerprint density at radius 2 is 1.87 bits per heavy atom. The number of benzene rings is 2. The van der Waals surface area contributed by atoms with Crippen LogP contribution in [-0.4, -0.2) is 16.5 Å². The summed E-state index contributed by atoms with van der Waals surface area (Å²) in [5, 5.41) is 17.4. The highest BCUT2D eigenvalue weighted by atomic mass is 16.6. The van der Waals surface area contributed by atoms with Crippen molar-refractivity contribution in [1.82, 2.24) is 0 Å². The number of non-ortho nitro benzene ring substituents is 1. The van der Waals surface area contributed by atoms with E-state index in [-0.39, 0.29) is 23.0 Å². The highest BCUT2D eigenvalue weighted by Gasteiger charge is 2.12. The number of nitrogens with one attached hydrogen (secondary N) is 1. The van der Waals surface area contributed by atoms with E-state index >= 15 is 0 Å². The van der Waals surface area contributed by atoms with Gasteiger partial charge in [-0.15, -0.1) is 0 Å². The first-order chi connectivity index (χ1) is 11.0. The minimum absolute atomic E-state index is 0.165. The molecule has 0 aliphatic carbocycles. The van der Waals surface area contributed by atoms with E-state index in [2.05, 4.69) is 10.5 Å². The van der Waals surface area contributed by atoms with Crippen molar-refractivity contribution < 1.29 is 14.6 Å². The lowest BCUT2D eigenvalue weighted by Crippen LogP contribution is -2.06. The third-order valence-electron chi connectivity index (χ3n) is 2.90. The third-order valence-corrected chi connectivity index (χ3v) is 2.90. The Bertz CT molecular complexity index is 757. The van der Waals surface area contributed by atoms with Gasteiger partial charge in [-0.25, -0.2) is 0 Å². The Morgan fingerprint density at radius 3 is 2.48 bits per heavy atom. The fourth-order valence-corrected chi connectivity index (χ4v) is 1.87. The number of hydrogen-bond donors (Lipinski definition) is 1. The van der Waals surface area contributed by atoms with Crippen molar-refractivity contribution in [2.24, 2.45) is 5.16 Å². The molecule has 0 atom stereocenters. The molecule has 0 aliphatic heterocycles. The molecule has 0 fully saturated rings. The first kappa shape index (κ1) is 16.2. The first-order valence-electron chi connectivity index (χ1n) is 6.80. The maximum absolute atomic E-state index is 11.1. The molecule has 2 aromatic rings. The van der Waals surface area contributed by atoms with Crippen LogP contribution in [0, 0.1) is 10.1 Å². The minimum Gasteiger partial charge on any atom is -0.356 e. The second kappa shape index (κ2) is 7.17. The van der Waals surface area contributed by atoms with Gasteiger partial charge in [0.1, 0.15) is 0 Å². The SMILES string of the molecule is CC(=O)Nc1cc(O/N=C(\C)c2ccccc2)cc([N+](=O)[O-])c1. The number of nitro groups is 1. The van der Waals surface area contributed by atoms with E-state index in [1.807, 2.05) is 30.3 Å². The Balaban J connectivity index is 2.26. The predicted molar refractivity (Wildman–Crippen MR) is 86.7 cm³/mol. The van der Waals surface area contributed by atoms with Crippen molar-refractivity contribution in [1.29, 1.82) is 0 Å². The van der Waals surface area contributed by atoms with Crippen LogP contribution in [0.5, 0.6) is 5.75 Å². The van der Waals surface area contributed by atoms with E-state index in [4.69, 9.17) is 4.84 Å². The van der Waals surface area contributed by atoms with E-state index < -0.39 is 4.92 Å². The predicted octanol–water partition coefficient (Wildman–Crippen LogP) is 3.36. The summed E-state index contributed by atoms with van der Waals surface area (Å²) in [5.41, 5.74) is 1.58. The van der Waals surface area contributed by atoms with Gasteiger partial charge >= 0.3 is 0 Å². The average molecular weight is 313 g/mol. The number of nitro benzene ring substituents is 1. The molecule has 1 N–H and O–H groups in total. The fraction of sp³-hybridized carbons (Fsp3) is 0.125. The van der Waals surface area contributed by atoms with E-state index in [1.165, 1.54) is 25.1 Å². The molecular weight excluding hydrogens is 298 g/mol. The van der Waals surface area contributed by atoms with Crippen LogP contribution in [0.4, 0.5) is 11.4 Å². The summed E-state index contributed by atoms with van der Waals surface area (Å²) in [7, 11) is 0. The van der Waals surface area contributed by atoms with Gasteiger partial charge in [-0.1, -0.05) is 35.5 Å². The second-order valence-corrected chi connectivity index (χ2v) is 4.79. The average Bonchev–Trinajstić information content (AvgIpc) is 2.52. The molecule has 2 aromatic carbocycles. The Morgan fingerprint density at radius 1 is 1.17 bits per heavy atom. The molecule has 0 bridgehead atoms. The maximum atomic E-state index is 11.1. The molecule has 0 radical (unpaired) electrons. The number of rotatable bonds is 5. The zero-order chi connectivity index (χ0) is 16.8. The monoisotopic (exact) mass is 313 g/mol. The molecule has 0 heterocycles. The van der Waals surface area contributed by atoms with Crippen LogP contribution in [0.25, 0.3) is 0 Å². The molecule has 0 saturated carbocycles. The Hall–Kier alpha value is -3.22. The first-order valence-corrected chi connectivity index (χ1v) is 6.80. The lowest BCUT2D eigenvalue weighted by Gasteiger charge is -2.06. The molecular formula is C16H15N3O4. The van der Waals surface area contributed by atoms with E-state index in [0.29, 0.717) is 5.71 Å². The van der Waals surface area contributed by atoms with Gasteiger partial charge in [0, 0.05) is 19.1 Å². The number of carbonyl (C=O) groups is 1. The van der Waals surface area contributed by atoms with Gasteiger partial charge in [0.05, 0.1) is 22.4 Å². The second-order valence-electron chi connectivity index (χ2n) is 4.79. The molecule has 0 saturated heterocycles. The van der Waals surface area contributed by atoms with Crippen LogP contribution >= 0.6 is 0 Å². The van der Waals surface area contributed by atoms with Gasteiger partial charge in [-0.3, -0.25) is 14.9 Å². The minimum atomic E-state index is -0.564. The molecule has 2 rings (SSSR count). The van der Waals surface area contributed by atoms with Gasteiger partial charge in [-0.2, -0.15) is 0 Å². The van der Waals surface area contributed by atoms with Crippen molar-refractivity contribution in [2.45, 2.75) is 13.8 Å². The zero-order valence-electron chi connectivity index (χ0n) is 12.6. The zero-order valence-corrected chi connectivity index (χ0v) is 12.6. The molecule has 7 nitrogen and oxygen atoms in total. The number of carbonyl (C=O) groups excluding carboxylic acids is 1. The van der Waals surface area contributed by atoms with Gasteiger partial charge < -0.3 is 10.2 Å². The van der Waals surface area contributed by atoms with Gasteiger partial charge in [0.25, 0.3) is 5.69 Å². The highest BCUT2D eigenvalue weighted by Crippen LogP contribution is 2.26. The van der Waals surface area contributed by atoms with Crippen molar-refractivity contribution in [2.75, 3.05) is 5.32 Å². The summed E-state index contributed by atoms with van der Waals surface area (Å²) in [4.78, 5) is 26.8. The van der Waals surface area contributed by atoms with E-state index in [1.54, 1.807) is 6.92 Å². The van der Waals surface area contributed by atoms with Gasteiger partial charge in [-0.05, 0) is 12.5 Å². The third kappa shape index (κ3) is 4.63. The number of anilines is 1. The molecule has 1 amide bonds. The summed E-state index contributed by atoms with van der Waals surface area (Å²) >= 11 is 0. The molecule has 0 spiro atoms. The molecule has 0 aliphatic rings.